The Balaban J connectivity index is 1.67. The number of rotatable bonds is 7. The lowest BCUT2D eigenvalue weighted by molar-refractivity contribution is -0.120. The first kappa shape index (κ1) is 22.3. The van der Waals surface area contributed by atoms with Crippen molar-refractivity contribution in [1.29, 1.82) is 0 Å². The van der Waals surface area contributed by atoms with E-state index in [0.29, 0.717) is 21.0 Å². The number of nitrogens with two attached hydrogens (primary N) is 1. The Bertz CT molecular complexity index is 1040. The highest BCUT2D eigenvalue weighted by atomic mass is 35.5. The molecule has 0 saturated carbocycles. The van der Waals surface area contributed by atoms with Crippen molar-refractivity contribution in [2.24, 2.45) is 0 Å². The summed E-state index contributed by atoms with van der Waals surface area (Å²) in [4.78, 5) is 12.7. The first-order valence-corrected chi connectivity index (χ1v) is 10.7. The lowest BCUT2D eigenvalue weighted by Gasteiger charge is -2.18. The van der Waals surface area contributed by atoms with Gasteiger partial charge in [0, 0.05) is 15.6 Å². The number of nitrogens with one attached hydrogen (secondary N) is 1. The smallest absolute Gasteiger partial charge is 0.233 e. The molecule has 2 aromatic carbocycles. The number of aromatic nitrogens is 3. The number of benzene rings is 2. The molecule has 7 nitrogen and oxygen atoms in total. The quantitative estimate of drug-likeness (QED) is 0.398. The molecule has 0 saturated heterocycles. The number of nitrogens with zero attached hydrogens (tertiary/aromatic N) is 3. The molecule has 0 radical (unpaired) electrons. The molecule has 0 unspecified atom stereocenters. The van der Waals surface area contributed by atoms with E-state index in [9.17, 15) is 4.79 Å². The average molecular weight is 466 g/mol. The Morgan fingerprint density at radius 2 is 1.87 bits per heavy atom. The van der Waals surface area contributed by atoms with Crippen LogP contribution in [0.25, 0.3) is 11.4 Å². The van der Waals surface area contributed by atoms with Gasteiger partial charge in [-0.05, 0) is 55.8 Å². The molecule has 1 aromatic heterocycles. The van der Waals surface area contributed by atoms with E-state index in [2.05, 4.69) is 15.5 Å². The third-order valence-electron chi connectivity index (χ3n) is 4.45. The maximum absolute atomic E-state index is 12.7. The zero-order valence-corrected chi connectivity index (χ0v) is 18.9. The van der Waals surface area contributed by atoms with Gasteiger partial charge in [0.15, 0.2) is 5.82 Å². The van der Waals surface area contributed by atoms with Crippen LogP contribution in [0.3, 0.4) is 0 Å². The van der Waals surface area contributed by atoms with Crippen LogP contribution >= 0.6 is 35.0 Å². The Labute approximate surface area is 188 Å². The highest BCUT2D eigenvalue weighted by Gasteiger charge is 2.22. The van der Waals surface area contributed by atoms with Crippen LogP contribution in [0.5, 0.6) is 5.75 Å². The normalized spacial score (nSPS) is 13.0. The molecule has 3 rings (SSSR count). The van der Waals surface area contributed by atoms with Gasteiger partial charge >= 0.3 is 0 Å². The summed E-state index contributed by atoms with van der Waals surface area (Å²) in [6.45, 7) is 3.63. The molecule has 0 aliphatic heterocycles. The molecule has 10 heteroatoms. The first-order valence-electron chi connectivity index (χ1n) is 9.07. The van der Waals surface area contributed by atoms with Crippen molar-refractivity contribution in [1.82, 2.24) is 20.2 Å². The van der Waals surface area contributed by atoms with E-state index in [4.69, 9.17) is 33.8 Å². The van der Waals surface area contributed by atoms with E-state index in [-0.39, 0.29) is 11.9 Å². The zero-order chi connectivity index (χ0) is 21.8. The van der Waals surface area contributed by atoms with E-state index in [1.807, 2.05) is 31.2 Å². The van der Waals surface area contributed by atoms with Gasteiger partial charge in [-0.15, -0.1) is 10.2 Å². The second-order valence-corrected chi connectivity index (χ2v) is 8.71. The van der Waals surface area contributed by atoms with Crippen LogP contribution in [0, 0.1) is 0 Å². The van der Waals surface area contributed by atoms with Gasteiger partial charge in [0.25, 0.3) is 0 Å². The molecule has 30 heavy (non-hydrogen) atoms. The Kier molecular flexibility index (Phi) is 7.12. The van der Waals surface area contributed by atoms with Gasteiger partial charge in [-0.2, -0.15) is 0 Å². The maximum Gasteiger partial charge on any atom is 0.233 e. The average Bonchev–Trinajstić information content (AvgIpc) is 3.08. The third kappa shape index (κ3) is 5.00. The number of methoxy groups -OCH3 is 1. The fourth-order valence-corrected chi connectivity index (χ4v) is 4.12. The Morgan fingerprint density at radius 1 is 1.17 bits per heavy atom. The Hall–Kier alpha value is -2.42. The summed E-state index contributed by atoms with van der Waals surface area (Å²) >= 11 is 13.4. The van der Waals surface area contributed by atoms with E-state index in [1.54, 1.807) is 32.2 Å². The number of amides is 1. The first-order chi connectivity index (χ1) is 14.3. The predicted molar refractivity (Wildman–Crippen MR) is 120 cm³/mol. The fourth-order valence-electron chi connectivity index (χ4n) is 2.77. The van der Waals surface area contributed by atoms with Gasteiger partial charge in [-0.1, -0.05) is 41.0 Å². The van der Waals surface area contributed by atoms with E-state index >= 15 is 0 Å². The van der Waals surface area contributed by atoms with Crippen LogP contribution in [0.4, 0.5) is 0 Å². The van der Waals surface area contributed by atoms with Crippen molar-refractivity contribution in [3.63, 3.8) is 0 Å². The minimum absolute atomic E-state index is 0.174. The highest BCUT2D eigenvalue weighted by molar-refractivity contribution is 8.00. The standard InChI is InChI=1S/C20H21Cl2N5O2S/c1-11(16-9-6-14(21)10-17(16)22)24-19(28)12(2)30-20-26-25-18(27(20)23)13-4-7-15(29-3)8-5-13/h4-12H,23H2,1-3H3,(H,24,28)/t11-,12-/m0/s1. The van der Waals surface area contributed by atoms with E-state index < -0.39 is 5.25 Å². The van der Waals surface area contributed by atoms with Crippen LogP contribution in [0.1, 0.15) is 25.5 Å². The van der Waals surface area contributed by atoms with Crippen LogP contribution < -0.4 is 15.9 Å². The molecule has 0 fully saturated rings. The monoisotopic (exact) mass is 465 g/mol. The molecule has 3 N–H and O–H groups in total. The Morgan fingerprint density at radius 3 is 2.50 bits per heavy atom. The highest BCUT2D eigenvalue weighted by Crippen LogP contribution is 2.28. The summed E-state index contributed by atoms with van der Waals surface area (Å²) in [5.74, 6) is 7.21. The molecule has 158 valence electrons. The van der Waals surface area contributed by atoms with Crippen LogP contribution in [0.2, 0.25) is 10.0 Å². The number of nitrogen functional groups attached to an aromatic ring is 1. The van der Waals surface area contributed by atoms with Gasteiger partial charge in [-0.25, -0.2) is 4.68 Å². The number of hydrogen-bond donors (Lipinski definition) is 2. The summed E-state index contributed by atoms with van der Waals surface area (Å²) in [6, 6.07) is 12.2. The summed E-state index contributed by atoms with van der Waals surface area (Å²) in [6.07, 6.45) is 0. The molecule has 0 aliphatic carbocycles. The summed E-state index contributed by atoms with van der Waals surface area (Å²) in [5, 5.41) is 12.2. The zero-order valence-electron chi connectivity index (χ0n) is 16.6. The lowest BCUT2D eigenvalue weighted by Crippen LogP contribution is -2.33. The lowest BCUT2D eigenvalue weighted by atomic mass is 10.1. The summed E-state index contributed by atoms with van der Waals surface area (Å²) in [5.41, 5.74) is 1.58. The van der Waals surface area contributed by atoms with Crippen LogP contribution in [-0.4, -0.2) is 33.1 Å². The van der Waals surface area contributed by atoms with Crippen LogP contribution in [-0.2, 0) is 4.79 Å². The van der Waals surface area contributed by atoms with Crippen molar-refractivity contribution >= 4 is 40.9 Å². The minimum Gasteiger partial charge on any atom is -0.497 e. The van der Waals surface area contributed by atoms with Crippen LogP contribution in [0.15, 0.2) is 47.6 Å². The van der Waals surface area contributed by atoms with Gasteiger partial charge < -0.3 is 15.9 Å². The predicted octanol–water partition coefficient (Wildman–Crippen LogP) is 4.33. The summed E-state index contributed by atoms with van der Waals surface area (Å²) < 4.78 is 6.53. The molecular formula is C20H21Cl2N5O2S. The molecular weight excluding hydrogens is 445 g/mol. The maximum atomic E-state index is 12.7. The fraction of sp³-hybridized carbons (Fsp3) is 0.250. The van der Waals surface area contributed by atoms with Gasteiger partial charge in [0.2, 0.25) is 11.1 Å². The number of ether oxygens (including phenoxy) is 1. The van der Waals surface area contributed by atoms with Crippen molar-refractivity contribution in [3.8, 4) is 17.1 Å². The molecule has 1 amide bonds. The van der Waals surface area contributed by atoms with Crippen molar-refractivity contribution in [3.05, 3.63) is 58.1 Å². The number of carbonyl (C=O) groups is 1. The molecule has 3 aromatic rings. The largest absolute Gasteiger partial charge is 0.497 e. The number of hydrogen-bond acceptors (Lipinski definition) is 6. The minimum atomic E-state index is -0.450. The van der Waals surface area contributed by atoms with E-state index in [0.717, 1.165) is 16.9 Å². The van der Waals surface area contributed by atoms with Crippen molar-refractivity contribution < 1.29 is 9.53 Å². The molecule has 0 aliphatic rings. The number of carbonyl (C=O) groups excluding carboxylic acids is 1. The molecule has 2 atom stereocenters. The molecule has 0 spiro atoms. The number of thioether (sulfide) groups is 1. The van der Waals surface area contributed by atoms with Gasteiger partial charge in [-0.3, -0.25) is 4.79 Å². The van der Waals surface area contributed by atoms with Gasteiger partial charge in [0.05, 0.1) is 18.4 Å². The van der Waals surface area contributed by atoms with E-state index in [1.165, 1.54) is 16.4 Å². The van der Waals surface area contributed by atoms with Gasteiger partial charge in [0.1, 0.15) is 5.75 Å². The third-order valence-corrected chi connectivity index (χ3v) is 6.07. The second-order valence-electron chi connectivity index (χ2n) is 6.56. The summed E-state index contributed by atoms with van der Waals surface area (Å²) in [7, 11) is 1.60. The van der Waals surface area contributed by atoms with Crippen molar-refractivity contribution in [2.45, 2.75) is 30.3 Å². The molecule has 1 heterocycles. The number of halogens is 2. The molecule has 0 bridgehead atoms. The van der Waals surface area contributed by atoms with Crippen molar-refractivity contribution in [2.75, 3.05) is 13.0 Å². The topological polar surface area (TPSA) is 95.1 Å². The second kappa shape index (κ2) is 9.59. The SMILES string of the molecule is COc1ccc(-c2nnc(S[C@@H](C)C(=O)N[C@@H](C)c3ccc(Cl)cc3Cl)n2N)cc1.